The number of nitrogens with zero attached hydrogens (tertiary/aromatic N) is 3. The Kier molecular flexibility index (Phi) is 6.62. The lowest BCUT2D eigenvalue weighted by atomic mass is 10.1. The van der Waals surface area contributed by atoms with Gasteiger partial charge in [0.15, 0.2) is 0 Å². The predicted octanol–water partition coefficient (Wildman–Crippen LogP) is 3.64. The van der Waals surface area contributed by atoms with Crippen LogP contribution >= 0.6 is 0 Å². The number of imidazole rings is 1. The van der Waals surface area contributed by atoms with Crippen molar-refractivity contribution < 1.29 is 17.6 Å². The van der Waals surface area contributed by atoms with Crippen molar-refractivity contribution in [3.05, 3.63) is 83.7 Å². The third-order valence-electron chi connectivity index (χ3n) is 6.04. The number of carbonyl (C=O) groups excluding carboxylic acids is 1. The molecule has 2 aromatic carbocycles. The Morgan fingerprint density at radius 1 is 1.18 bits per heavy atom. The van der Waals surface area contributed by atoms with E-state index in [1.54, 1.807) is 48.3 Å². The van der Waals surface area contributed by atoms with Crippen molar-refractivity contribution in [2.24, 2.45) is 7.05 Å². The van der Waals surface area contributed by atoms with Gasteiger partial charge in [-0.1, -0.05) is 24.6 Å². The van der Waals surface area contributed by atoms with Gasteiger partial charge < -0.3 is 9.88 Å². The van der Waals surface area contributed by atoms with Crippen LogP contribution in [0.2, 0.25) is 0 Å². The molecule has 1 saturated heterocycles. The van der Waals surface area contributed by atoms with E-state index in [9.17, 15) is 17.6 Å². The number of benzene rings is 2. The van der Waals surface area contributed by atoms with Crippen molar-refractivity contribution in [1.29, 1.82) is 0 Å². The zero-order valence-electron chi connectivity index (χ0n) is 18.6. The van der Waals surface area contributed by atoms with Gasteiger partial charge in [-0.3, -0.25) is 4.79 Å². The minimum atomic E-state index is -3.71. The highest BCUT2D eigenvalue weighted by Crippen LogP contribution is 2.26. The van der Waals surface area contributed by atoms with Crippen LogP contribution < -0.4 is 5.32 Å². The number of hydrogen-bond acceptors (Lipinski definition) is 4. The molecule has 9 heteroatoms. The van der Waals surface area contributed by atoms with Gasteiger partial charge in [-0.2, -0.15) is 4.31 Å². The van der Waals surface area contributed by atoms with E-state index in [-0.39, 0.29) is 22.3 Å². The van der Waals surface area contributed by atoms with Crippen LogP contribution in [0.1, 0.15) is 54.0 Å². The number of halogens is 1. The first-order chi connectivity index (χ1) is 15.8. The van der Waals surface area contributed by atoms with Crippen LogP contribution in [0.3, 0.4) is 0 Å². The highest BCUT2D eigenvalue weighted by molar-refractivity contribution is 7.89. The summed E-state index contributed by atoms with van der Waals surface area (Å²) in [6.07, 6.45) is 6.03. The number of sulfonamides is 1. The van der Waals surface area contributed by atoms with Gasteiger partial charge in [0, 0.05) is 37.6 Å². The highest BCUT2D eigenvalue weighted by atomic mass is 32.2. The molecule has 1 N–H and O–H groups in total. The molecule has 0 saturated carbocycles. The number of aryl methyl sites for hydroxylation is 1. The molecule has 1 aliphatic rings. The number of aromatic nitrogens is 2. The van der Waals surface area contributed by atoms with Gasteiger partial charge in [0.1, 0.15) is 17.7 Å². The summed E-state index contributed by atoms with van der Waals surface area (Å²) in [7, 11) is -1.90. The van der Waals surface area contributed by atoms with Crippen LogP contribution in [0.5, 0.6) is 0 Å². The summed E-state index contributed by atoms with van der Waals surface area (Å²) in [6, 6.07) is 11.2. The van der Waals surface area contributed by atoms with Gasteiger partial charge in [-0.05, 0) is 55.7 Å². The average molecular weight is 471 g/mol. The fourth-order valence-corrected chi connectivity index (χ4v) is 5.93. The maximum absolute atomic E-state index is 13.5. The Bertz CT molecular complexity index is 1240. The number of carbonyl (C=O) groups is 1. The standard InChI is InChI=1S/C24H27FN4O3S/c1-17-6-3-4-14-29(17)33(31,32)21-8-5-7-19(16-21)24(30)27-22(23-26-13-15-28(23)2)18-9-11-20(25)12-10-18/h5,7-13,15-17,22H,3-4,6,14H2,1-2H3,(H,27,30)/t17-,22-/m0/s1. The van der Waals surface area contributed by atoms with Crippen molar-refractivity contribution in [2.75, 3.05) is 6.54 Å². The predicted molar refractivity (Wildman–Crippen MR) is 123 cm³/mol. The van der Waals surface area contributed by atoms with Crippen LogP contribution in [-0.2, 0) is 17.1 Å². The van der Waals surface area contributed by atoms with Crippen molar-refractivity contribution >= 4 is 15.9 Å². The van der Waals surface area contributed by atoms with E-state index in [0.29, 0.717) is 17.9 Å². The average Bonchev–Trinajstić information content (AvgIpc) is 3.24. The van der Waals surface area contributed by atoms with E-state index in [2.05, 4.69) is 10.3 Å². The summed E-state index contributed by atoms with van der Waals surface area (Å²) in [5.74, 6) is -0.259. The molecule has 0 bridgehead atoms. The molecule has 0 spiro atoms. The second-order valence-electron chi connectivity index (χ2n) is 8.34. The summed E-state index contributed by atoms with van der Waals surface area (Å²) in [5, 5.41) is 2.93. The maximum Gasteiger partial charge on any atom is 0.252 e. The Morgan fingerprint density at radius 2 is 1.94 bits per heavy atom. The molecule has 1 aromatic heterocycles. The molecule has 0 aliphatic carbocycles. The first-order valence-corrected chi connectivity index (χ1v) is 12.4. The Hall–Kier alpha value is -3.04. The lowest BCUT2D eigenvalue weighted by Gasteiger charge is -2.32. The van der Waals surface area contributed by atoms with Gasteiger partial charge in [0.2, 0.25) is 10.0 Å². The number of nitrogens with one attached hydrogen (secondary N) is 1. The van der Waals surface area contributed by atoms with Crippen molar-refractivity contribution in [3.8, 4) is 0 Å². The van der Waals surface area contributed by atoms with Crippen molar-refractivity contribution in [3.63, 3.8) is 0 Å². The molecule has 2 heterocycles. The number of piperidine rings is 1. The lowest BCUT2D eigenvalue weighted by Crippen LogP contribution is -2.42. The SMILES string of the molecule is C[C@H]1CCCCN1S(=O)(=O)c1cccc(C(=O)N[C@@H](c2ccc(F)cc2)c2nccn2C)c1. The summed E-state index contributed by atoms with van der Waals surface area (Å²) in [5.41, 5.74) is 0.882. The van der Waals surface area contributed by atoms with E-state index in [0.717, 1.165) is 19.3 Å². The first-order valence-electron chi connectivity index (χ1n) is 10.9. The van der Waals surface area contributed by atoms with Crippen LogP contribution in [0.4, 0.5) is 4.39 Å². The topological polar surface area (TPSA) is 84.3 Å². The molecule has 1 aliphatic heterocycles. The second kappa shape index (κ2) is 9.44. The molecule has 3 aromatic rings. The first kappa shape index (κ1) is 23.1. The van der Waals surface area contributed by atoms with Gasteiger partial charge in [-0.15, -0.1) is 0 Å². The van der Waals surface area contributed by atoms with E-state index >= 15 is 0 Å². The third kappa shape index (κ3) is 4.84. The fourth-order valence-electron chi connectivity index (χ4n) is 4.18. The van der Waals surface area contributed by atoms with Crippen LogP contribution in [0.15, 0.2) is 65.8 Å². The van der Waals surface area contributed by atoms with E-state index in [4.69, 9.17) is 0 Å². The van der Waals surface area contributed by atoms with Gasteiger partial charge in [0.05, 0.1) is 4.90 Å². The fraction of sp³-hybridized carbons (Fsp3) is 0.333. The number of amides is 1. The Balaban J connectivity index is 1.63. The zero-order valence-corrected chi connectivity index (χ0v) is 19.4. The van der Waals surface area contributed by atoms with E-state index < -0.39 is 22.0 Å². The molecule has 0 unspecified atom stereocenters. The Labute approximate surface area is 193 Å². The minimum absolute atomic E-state index is 0.0764. The summed E-state index contributed by atoms with van der Waals surface area (Å²) in [4.78, 5) is 17.6. The second-order valence-corrected chi connectivity index (χ2v) is 10.2. The van der Waals surface area contributed by atoms with Crippen LogP contribution in [-0.4, -0.2) is 40.8 Å². The molecule has 2 atom stereocenters. The molecule has 33 heavy (non-hydrogen) atoms. The summed E-state index contributed by atoms with van der Waals surface area (Å²) in [6.45, 7) is 2.39. The molecule has 0 radical (unpaired) electrons. The minimum Gasteiger partial charge on any atom is -0.338 e. The molecule has 1 fully saturated rings. The van der Waals surface area contributed by atoms with Crippen molar-refractivity contribution in [1.82, 2.24) is 19.2 Å². The van der Waals surface area contributed by atoms with Crippen molar-refractivity contribution in [2.45, 2.75) is 43.2 Å². The lowest BCUT2D eigenvalue weighted by molar-refractivity contribution is 0.0941. The number of hydrogen-bond donors (Lipinski definition) is 1. The number of rotatable bonds is 6. The zero-order chi connectivity index (χ0) is 23.6. The molecule has 7 nitrogen and oxygen atoms in total. The molecule has 1 amide bonds. The largest absolute Gasteiger partial charge is 0.338 e. The highest BCUT2D eigenvalue weighted by Gasteiger charge is 2.31. The van der Waals surface area contributed by atoms with E-state index in [1.807, 2.05) is 6.92 Å². The molecule has 174 valence electrons. The monoisotopic (exact) mass is 470 g/mol. The molecular formula is C24H27FN4O3S. The van der Waals surface area contributed by atoms with Gasteiger partial charge >= 0.3 is 0 Å². The van der Waals surface area contributed by atoms with E-state index in [1.165, 1.54) is 28.6 Å². The molecule has 4 rings (SSSR count). The summed E-state index contributed by atoms with van der Waals surface area (Å²) >= 11 is 0. The quantitative estimate of drug-likeness (QED) is 0.596. The summed E-state index contributed by atoms with van der Waals surface area (Å²) < 4.78 is 43.2. The van der Waals surface area contributed by atoms with Crippen LogP contribution in [0, 0.1) is 5.82 Å². The third-order valence-corrected chi connectivity index (χ3v) is 8.05. The maximum atomic E-state index is 13.5. The molecular weight excluding hydrogens is 443 g/mol. The van der Waals surface area contributed by atoms with Crippen LogP contribution in [0.25, 0.3) is 0 Å². The van der Waals surface area contributed by atoms with Gasteiger partial charge in [-0.25, -0.2) is 17.8 Å². The van der Waals surface area contributed by atoms with Gasteiger partial charge in [0.25, 0.3) is 5.91 Å². The smallest absolute Gasteiger partial charge is 0.252 e. The normalized spacial score (nSPS) is 18.1. The Morgan fingerprint density at radius 3 is 2.61 bits per heavy atom.